The average Bonchev–Trinajstić information content (AvgIpc) is 1.66. The lowest BCUT2D eigenvalue weighted by Crippen LogP contribution is -2.26. The van der Waals surface area contributed by atoms with Gasteiger partial charge >= 0.3 is 0 Å². The number of halogens is 1. The molecule has 0 bridgehead atoms. The van der Waals surface area contributed by atoms with Crippen LogP contribution in [-0.4, -0.2) is 24.6 Å². The van der Waals surface area contributed by atoms with Gasteiger partial charge in [-0.3, -0.25) is 9.71 Å². The lowest BCUT2D eigenvalue weighted by atomic mass is 10.4. The van der Waals surface area contributed by atoms with Crippen molar-refractivity contribution in [1.82, 2.24) is 5.32 Å². The van der Waals surface area contributed by atoms with E-state index in [2.05, 4.69) is 5.32 Å². The third-order valence-electron chi connectivity index (χ3n) is 0.750. The van der Waals surface area contributed by atoms with Crippen molar-refractivity contribution >= 4 is 0 Å². The van der Waals surface area contributed by atoms with Crippen LogP contribution in [0.25, 0.3) is 0 Å². The smallest absolute Gasteiger partial charge is 0.102 e. The van der Waals surface area contributed by atoms with Crippen LogP contribution in [0.3, 0.4) is 0 Å². The molecule has 8 heavy (non-hydrogen) atoms. The van der Waals surface area contributed by atoms with Crippen molar-refractivity contribution in [2.24, 2.45) is 0 Å². The lowest BCUT2D eigenvalue weighted by Gasteiger charge is -2.03. The first-order valence-corrected chi connectivity index (χ1v) is 2.75. The van der Waals surface area contributed by atoms with E-state index in [4.69, 9.17) is 5.11 Å². The summed E-state index contributed by atoms with van der Waals surface area (Å²) in [6, 6.07) is 0. The van der Waals surface area contributed by atoms with Crippen LogP contribution in [0.2, 0.25) is 0 Å². The molecular formula is C5H12FNO. The highest BCUT2D eigenvalue weighted by molar-refractivity contribution is 4.44. The second-order valence-corrected chi connectivity index (χ2v) is 1.67. The van der Waals surface area contributed by atoms with Gasteiger partial charge < -0.3 is 5.11 Å². The lowest BCUT2D eigenvalue weighted by molar-refractivity contribution is 0.155. The highest BCUT2D eigenvalue weighted by Crippen LogP contribution is 1.77. The van der Waals surface area contributed by atoms with E-state index in [9.17, 15) is 4.39 Å². The van der Waals surface area contributed by atoms with E-state index in [1.54, 1.807) is 6.92 Å². The molecule has 0 aliphatic carbocycles. The van der Waals surface area contributed by atoms with Crippen LogP contribution in [0.4, 0.5) is 4.39 Å². The summed E-state index contributed by atoms with van der Waals surface area (Å²) in [6.07, 6.45) is -0.0354. The molecular weight excluding hydrogens is 109 g/mol. The van der Waals surface area contributed by atoms with Crippen LogP contribution in [0.1, 0.15) is 13.3 Å². The molecule has 0 amide bonds. The fraction of sp³-hybridized carbons (Fsp3) is 1.00. The minimum atomic E-state index is -0.512. The molecule has 0 fully saturated rings. The van der Waals surface area contributed by atoms with Crippen LogP contribution < -0.4 is 5.32 Å². The van der Waals surface area contributed by atoms with E-state index in [-0.39, 0.29) is 6.67 Å². The van der Waals surface area contributed by atoms with Crippen LogP contribution >= 0.6 is 0 Å². The predicted octanol–water partition coefficient (Wildman–Crippen LogP) is 0.274. The summed E-state index contributed by atoms with van der Waals surface area (Å²) >= 11 is 0. The summed E-state index contributed by atoms with van der Waals surface area (Å²) < 4.78 is 11.3. The zero-order chi connectivity index (χ0) is 6.41. The Bertz CT molecular complexity index is 49.7. The van der Waals surface area contributed by atoms with Crippen LogP contribution in [0.5, 0.6) is 0 Å². The predicted molar refractivity (Wildman–Crippen MR) is 30.3 cm³/mol. The van der Waals surface area contributed by atoms with Crippen molar-refractivity contribution in [3.8, 4) is 0 Å². The Morgan fingerprint density at radius 2 is 2.38 bits per heavy atom. The van der Waals surface area contributed by atoms with E-state index in [1.165, 1.54) is 0 Å². The standard InChI is InChI=1S/C5H12FNO/c1-5(8)7-4-2-3-6/h5,7-8H,2-4H2,1H3. The highest BCUT2D eigenvalue weighted by atomic mass is 19.1. The molecule has 0 aromatic carbocycles. The summed E-state index contributed by atoms with van der Waals surface area (Å²) in [5.74, 6) is 0. The maximum Gasteiger partial charge on any atom is 0.102 e. The van der Waals surface area contributed by atoms with Gasteiger partial charge in [0.2, 0.25) is 0 Å². The fourth-order valence-electron chi connectivity index (χ4n) is 0.378. The van der Waals surface area contributed by atoms with E-state index in [1.807, 2.05) is 0 Å². The van der Waals surface area contributed by atoms with Crippen LogP contribution in [-0.2, 0) is 0 Å². The summed E-state index contributed by atoms with van der Waals surface area (Å²) in [4.78, 5) is 0. The molecule has 0 aliphatic heterocycles. The first-order chi connectivity index (χ1) is 3.77. The Morgan fingerprint density at radius 1 is 1.75 bits per heavy atom. The normalized spacial score (nSPS) is 13.9. The highest BCUT2D eigenvalue weighted by Gasteiger charge is 1.90. The van der Waals surface area contributed by atoms with Crippen molar-refractivity contribution in [3.63, 3.8) is 0 Å². The van der Waals surface area contributed by atoms with E-state index >= 15 is 0 Å². The zero-order valence-corrected chi connectivity index (χ0v) is 5.02. The summed E-state index contributed by atoms with van der Waals surface area (Å²) in [5.41, 5.74) is 0. The molecule has 0 aromatic rings. The average molecular weight is 121 g/mol. The van der Waals surface area contributed by atoms with E-state index in [0.717, 1.165) is 0 Å². The summed E-state index contributed by atoms with van der Waals surface area (Å²) in [6.45, 7) is 1.84. The first kappa shape index (κ1) is 7.85. The van der Waals surface area contributed by atoms with Crippen molar-refractivity contribution in [2.75, 3.05) is 13.2 Å². The molecule has 1 atom stereocenters. The number of rotatable bonds is 4. The molecule has 2 N–H and O–H groups in total. The van der Waals surface area contributed by atoms with Gasteiger partial charge in [-0.1, -0.05) is 0 Å². The number of alkyl halides is 1. The molecule has 0 aromatic heterocycles. The largest absolute Gasteiger partial charge is 0.379 e. The number of hydrogen-bond donors (Lipinski definition) is 2. The van der Waals surface area contributed by atoms with Crippen LogP contribution in [0.15, 0.2) is 0 Å². The van der Waals surface area contributed by atoms with E-state index in [0.29, 0.717) is 13.0 Å². The first-order valence-electron chi connectivity index (χ1n) is 2.75. The Morgan fingerprint density at radius 3 is 2.75 bits per heavy atom. The number of nitrogens with one attached hydrogen (secondary N) is 1. The van der Waals surface area contributed by atoms with Crippen molar-refractivity contribution in [3.05, 3.63) is 0 Å². The van der Waals surface area contributed by atoms with Gasteiger partial charge in [0.1, 0.15) is 6.23 Å². The Balaban J connectivity index is 2.72. The summed E-state index contributed by atoms with van der Waals surface area (Å²) in [5, 5.41) is 11.2. The molecule has 0 saturated carbocycles. The molecule has 0 rings (SSSR count). The van der Waals surface area contributed by atoms with Crippen molar-refractivity contribution < 1.29 is 9.50 Å². The number of aliphatic hydroxyl groups is 1. The molecule has 2 nitrogen and oxygen atoms in total. The topological polar surface area (TPSA) is 32.3 Å². The van der Waals surface area contributed by atoms with Crippen LogP contribution in [0, 0.1) is 0 Å². The van der Waals surface area contributed by atoms with Gasteiger partial charge in [-0.25, -0.2) is 0 Å². The van der Waals surface area contributed by atoms with E-state index < -0.39 is 6.23 Å². The fourth-order valence-corrected chi connectivity index (χ4v) is 0.378. The van der Waals surface area contributed by atoms with Crippen molar-refractivity contribution in [2.45, 2.75) is 19.6 Å². The minimum absolute atomic E-state index is 0.320. The van der Waals surface area contributed by atoms with Gasteiger partial charge in [0.05, 0.1) is 6.67 Å². The Hall–Kier alpha value is -0.150. The molecule has 0 spiro atoms. The Kier molecular flexibility index (Phi) is 4.90. The molecule has 0 aliphatic rings. The van der Waals surface area contributed by atoms with Gasteiger partial charge in [0.15, 0.2) is 0 Å². The van der Waals surface area contributed by atoms with Gasteiger partial charge in [-0.05, 0) is 19.9 Å². The van der Waals surface area contributed by atoms with Gasteiger partial charge in [0.25, 0.3) is 0 Å². The third kappa shape index (κ3) is 5.85. The van der Waals surface area contributed by atoms with Gasteiger partial charge in [-0.2, -0.15) is 0 Å². The maximum atomic E-state index is 11.3. The minimum Gasteiger partial charge on any atom is -0.379 e. The molecule has 0 saturated heterocycles. The zero-order valence-electron chi connectivity index (χ0n) is 5.02. The number of aliphatic hydroxyl groups excluding tert-OH is 1. The van der Waals surface area contributed by atoms with Gasteiger partial charge in [-0.15, -0.1) is 0 Å². The Labute approximate surface area is 48.7 Å². The molecule has 1 unspecified atom stereocenters. The molecule has 0 radical (unpaired) electrons. The number of hydrogen-bond acceptors (Lipinski definition) is 2. The van der Waals surface area contributed by atoms with Crippen molar-refractivity contribution in [1.29, 1.82) is 0 Å². The quantitative estimate of drug-likeness (QED) is 0.413. The molecule has 50 valence electrons. The summed E-state index contributed by atoms with van der Waals surface area (Å²) in [7, 11) is 0. The van der Waals surface area contributed by atoms with Gasteiger partial charge in [0, 0.05) is 0 Å². The maximum absolute atomic E-state index is 11.3. The third-order valence-corrected chi connectivity index (χ3v) is 0.750. The SMILES string of the molecule is CC(O)NCCCF. The second-order valence-electron chi connectivity index (χ2n) is 1.67. The molecule has 3 heteroatoms. The second kappa shape index (κ2) is 5.00. The monoisotopic (exact) mass is 121 g/mol. The molecule has 0 heterocycles.